The molecule has 29 heavy (non-hydrogen) atoms. The van der Waals surface area contributed by atoms with Gasteiger partial charge in [-0.3, -0.25) is 14.2 Å². The lowest BCUT2D eigenvalue weighted by Gasteiger charge is -2.10. The zero-order valence-corrected chi connectivity index (χ0v) is 17.4. The third kappa shape index (κ3) is 4.28. The molecule has 0 bridgehead atoms. The second-order valence-electron chi connectivity index (χ2n) is 6.31. The van der Waals surface area contributed by atoms with Crippen molar-refractivity contribution in [2.45, 2.75) is 32.0 Å². The number of rotatable bonds is 7. The average molecular weight is 431 g/mol. The van der Waals surface area contributed by atoms with Gasteiger partial charge in [0.1, 0.15) is 16.4 Å². The SMILES string of the molecule is CCc1cc2c(=O)n(Cc3ccco3)c(SCC(=O)Nc3cc(C)on3)nc2s1. The summed E-state index contributed by atoms with van der Waals surface area (Å²) in [6.07, 6.45) is 2.40. The number of anilines is 1. The zero-order valence-electron chi connectivity index (χ0n) is 15.8. The van der Waals surface area contributed by atoms with Crippen molar-refractivity contribution in [2.75, 3.05) is 11.1 Å². The number of thioether (sulfide) groups is 1. The highest BCUT2D eigenvalue weighted by Gasteiger charge is 2.17. The molecule has 0 aliphatic heterocycles. The summed E-state index contributed by atoms with van der Waals surface area (Å²) in [5, 5.41) is 7.47. The van der Waals surface area contributed by atoms with Gasteiger partial charge in [0.05, 0.1) is 23.9 Å². The van der Waals surface area contributed by atoms with Crippen molar-refractivity contribution in [1.82, 2.24) is 14.7 Å². The first kappa shape index (κ1) is 19.5. The highest BCUT2D eigenvalue weighted by Crippen LogP contribution is 2.25. The second-order valence-corrected chi connectivity index (χ2v) is 8.37. The predicted octanol–water partition coefficient (Wildman–Crippen LogP) is 3.69. The minimum absolute atomic E-state index is 0.0774. The third-order valence-corrected chi connectivity index (χ3v) is 6.29. The number of hydrogen-bond donors (Lipinski definition) is 1. The Hall–Kier alpha value is -2.85. The topological polar surface area (TPSA) is 103 Å². The van der Waals surface area contributed by atoms with Gasteiger partial charge in [0.25, 0.3) is 5.56 Å². The molecule has 8 nitrogen and oxygen atoms in total. The smallest absolute Gasteiger partial charge is 0.263 e. The molecule has 1 N–H and O–H groups in total. The molecule has 0 spiro atoms. The number of thiophene rings is 1. The summed E-state index contributed by atoms with van der Waals surface area (Å²) in [5.41, 5.74) is -0.141. The molecule has 0 unspecified atom stereocenters. The fourth-order valence-electron chi connectivity index (χ4n) is 2.76. The van der Waals surface area contributed by atoms with E-state index in [0.717, 1.165) is 11.3 Å². The van der Waals surface area contributed by atoms with E-state index in [4.69, 9.17) is 8.94 Å². The van der Waals surface area contributed by atoms with Gasteiger partial charge in [0.2, 0.25) is 5.91 Å². The molecular formula is C19H18N4O4S2. The second kappa shape index (κ2) is 8.26. The van der Waals surface area contributed by atoms with E-state index >= 15 is 0 Å². The summed E-state index contributed by atoms with van der Waals surface area (Å²) in [5.74, 6) is 1.42. The van der Waals surface area contributed by atoms with Crippen LogP contribution in [-0.4, -0.2) is 26.4 Å². The molecule has 0 radical (unpaired) electrons. The van der Waals surface area contributed by atoms with Crippen LogP contribution in [0.2, 0.25) is 0 Å². The number of fused-ring (bicyclic) bond motifs is 1. The number of carbonyl (C=O) groups is 1. The van der Waals surface area contributed by atoms with E-state index in [1.807, 2.05) is 13.0 Å². The van der Waals surface area contributed by atoms with E-state index in [1.54, 1.807) is 36.0 Å². The Labute approximate surface area is 173 Å². The van der Waals surface area contributed by atoms with Crippen LogP contribution in [0, 0.1) is 6.92 Å². The third-order valence-electron chi connectivity index (χ3n) is 4.14. The summed E-state index contributed by atoms with van der Waals surface area (Å²) in [6.45, 7) is 4.03. The van der Waals surface area contributed by atoms with Gasteiger partial charge in [0, 0.05) is 10.9 Å². The number of nitrogens with one attached hydrogen (secondary N) is 1. The van der Waals surface area contributed by atoms with E-state index in [0.29, 0.717) is 32.7 Å². The van der Waals surface area contributed by atoms with Gasteiger partial charge in [-0.05, 0) is 31.5 Å². The molecule has 150 valence electrons. The Bertz CT molecular complexity index is 1210. The molecule has 0 aliphatic rings. The van der Waals surface area contributed by atoms with Crippen LogP contribution in [0.25, 0.3) is 10.2 Å². The monoisotopic (exact) mass is 430 g/mol. The van der Waals surface area contributed by atoms with Crippen LogP contribution in [0.3, 0.4) is 0 Å². The van der Waals surface area contributed by atoms with E-state index in [1.165, 1.54) is 23.1 Å². The lowest BCUT2D eigenvalue weighted by molar-refractivity contribution is -0.113. The predicted molar refractivity (Wildman–Crippen MR) is 112 cm³/mol. The molecule has 0 saturated carbocycles. The van der Waals surface area contributed by atoms with Crippen LogP contribution in [-0.2, 0) is 17.8 Å². The molecule has 4 aromatic rings. The molecule has 0 aliphatic carbocycles. The van der Waals surface area contributed by atoms with Gasteiger partial charge in [-0.25, -0.2) is 4.98 Å². The summed E-state index contributed by atoms with van der Waals surface area (Å²) in [7, 11) is 0. The van der Waals surface area contributed by atoms with Crippen molar-refractivity contribution in [3.05, 3.63) is 57.3 Å². The number of amides is 1. The highest BCUT2D eigenvalue weighted by atomic mass is 32.2. The van der Waals surface area contributed by atoms with Crippen LogP contribution in [0.1, 0.15) is 23.3 Å². The Morgan fingerprint density at radius 2 is 2.24 bits per heavy atom. The largest absolute Gasteiger partial charge is 0.467 e. The van der Waals surface area contributed by atoms with E-state index in [-0.39, 0.29) is 23.8 Å². The lowest BCUT2D eigenvalue weighted by atomic mass is 10.3. The molecular weight excluding hydrogens is 412 g/mol. The molecule has 4 rings (SSSR count). The first-order chi connectivity index (χ1) is 14.0. The van der Waals surface area contributed by atoms with Crippen LogP contribution in [0.4, 0.5) is 5.82 Å². The Balaban J connectivity index is 1.62. The number of aryl methyl sites for hydroxylation is 2. The van der Waals surface area contributed by atoms with Gasteiger partial charge in [-0.1, -0.05) is 23.8 Å². The van der Waals surface area contributed by atoms with Crippen molar-refractivity contribution in [1.29, 1.82) is 0 Å². The average Bonchev–Trinajstić information content (AvgIpc) is 3.44. The maximum absolute atomic E-state index is 13.1. The molecule has 0 aromatic carbocycles. The standard InChI is InChI=1S/C19H18N4O4S2/c1-3-13-8-14-17(29-13)21-19(23(18(14)25)9-12-5-4-6-26-12)28-10-16(24)20-15-7-11(2)27-22-15/h4-8H,3,9-10H2,1-2H3,(H,20,22,24). The maximum atomic E-state index is 13.1. The van der Waals surface area contributed by atoms with Gasteiger partial charge in [-0.2, -0.15) is 0 Å². The summed E-state index contributed by atoms with van der Waals surface area (Å²) < 4.78 is 11.9. The van der Waals surface area contributed by atoms with Gasteiger partial charge in [0.15, 0.2) is 11.0 Å². The Morgan fingerprint density at radius 3 is 2.93 bits per heavy atom. The van der Waals surface area contributed by atoms with Crippen molar-refractivity contribution in [3.8, 4) is 0 Å². The molecule has 10 heteroatoms. The van der Waals surface area contributed by atoms with Crippen molar-refractivity contribution >= 4 is 45.0 Å². The quantitative estimate of drug-likeness (QED) is 0.352. The number of hydrogen-bond acceptors (Lipinski definition) is 8. The summed E-state index contributed by atoms with van der Waals surface area (Å²) >= 11 is 2.69. The Morgan fingerprint density at radius 1 is 1.38 bits per heavy atom. The van der Waals surface area contributed by atoms with Crippen molar-refractivity contribution in [3.63, 3.8) is 0 Å². The number of aromatic nitrogens is 3. The molecule has 0 saturated heterocycles. The van der Waals surface area contributed by atoms with Crippen LogP contribution in [0.15, 0.2) is 49.4 Å². The van der Waals surface area contributed by atoms with Crippen molar-refractivity contribution in [2.24, 2.45) is 0 Å². The molecule has 0 atom stereocenters. The maximum Gasteiger partial charge on any atom is 0.263 e. The lowest BCUT2D eigenvalue weighted by Crippen LogP contribution is -2.24. The number of nitrogens with zero attached hydrogens (tertiary/aromatic N) is 3. The van der Waals surface area contributed by atoms with E-state index in [2.05, 4.69) is 15.5 Å². The van der Waals surface area contributed by atoms with E-state index in [9.17, 15) is 9.59 Å². The van der Waals surface area contributed by atoms with E-state index < -0.39 is 0 Å². The minimum atomic E-state index is -0.261. The molecule has 0 fully saturated rings. The molecule has 1 amide bonds. The Kier molecular flexibility index (Phi) is 5.54. The van der Waals surface area contributed by atoms with Crippen LogP contribution in [0.5, 0.6) is 0 Å². The summed E-state index contributed by atoms with van der Waals surface area (Å²) in [4.78, 5) is 31.8. The van der Waals surface area contributed by atoms with Gasteiger partial charge < -0.3 is 14.3 Å². The first-order valence-corrected chi connectivity index (χ1v) is 10.7. The first-order valence-electron chi connectivity index (χ1n) is 8.95. The zero-order chi connectivity index (χ0) is 20.4. The van der Waals surface area contributed by atoms with Gasteiger partial charge in [-0.15, -0.1) is 11.3 Å². The fraction of sp³-hybridized carbons (Fsp3) is 0.263. The fourth-order valence-corrected chi connectivity index (χ4v) is 4.57. The number of carbonyl (C=O) groups excluding carboxylic acids is 1. The van der Waals surface area contributed by atoms with Gasteiger partial charge >= 0.3 is 0 Å². The van der Waals surface area contributed by atoms with Crippen LogP contribution < -0.4 is 10.9 Å². The highest BCUT2D eigenvalue weighted by molar-refractivity contribution is 7.99. The van der Waals surface area contributed by atoms with Crippen molar-refractivity contribution < 1.29 is 13.7 Å². The minimum Gasteiger partial charge on any atom is -0.467 e. The number of furan rings is 1. The molecule has 4 heterocycles. The molecule has 4 aromatic heterocycles. The van der Waals surface area contributed by atoms with Crippen LogP contribution >= 0.6 is 23.1 Å². The summed E-state index contributed by atoms with van der Waals surface area (Å²) in [6, 6.07) is 7.10. The normalized spacial score (nSPS) is 11.2.